The van der Waals surface area contributed by atoms with E-state index in [4.69, 9.17) is 4.74 Å². The van der Waals surface area contributed by atoms with Gasteiger partial charge < -0.3 is 15.0 Å². The van der Waals surface area contributed by atoms with Crippen LogP contribution in [0.4, 0.5) is 19.3 Å². The molecule has 1 aliphatic rings. The molecule has 0 saturated carbocycles. The van der Waals surface area contributed by atoms with Crippen LogP contribution < -0.4 is 5.32 Å². The molecule has 2 amide bonds. The Morgan fingerprint density at radius 2 is 1.70 bits per heavy atom. The Morgan fingerprint density at radius 1 is 1.07 bits per heavy atom. The van der Waals surface area contributed by atoms with Gasteiger partial charge in [0.25, 0.3) is 0 Å². The van der Waals surface area contributed by atoms with Gasteiger partial charge in [-0.2, -0.15) is 0 Å². The highest BCUT2D eigenvalue weighted by Gasteiger charge is 2.23. The molecular weight excluding hydrogens is 412 g/mol. The van der Waals surface area contributed by atoms with E-state index in [1.54, 1.807) is 16.8 Å². The van der Waals surface area contributed by atoms with Crippen molar-refractivity contribution in [3.8, 4) is 0 Å². The average molecular weight is 433 g/mol. The van der Waals surface area contributed by atoms with E-state index < -0.39 is 17.7 Å². The van der Waals surface area contributed by atoms with E-state index in [0.29, 0.717) is 31.9 Å². The van der Waals surface area contributed by atoms with Crippen LogP contribution in [0.2, 0.25) is 0 Å². The van der Waals surface area contributed by atoms with Crippen LogP contribution in [0.15, 0.2) is 60.0 Å². The summed E-state index contributed by atoms with van der Waals surface area (Å²) in [6.45, 7) is 5.48. The molecule has 6 nitrogen and oxygen atoms in total. The second-order valence-electron chi connectivity index (χ2n) is 6.56. The Kier molecular flexibility index (Phi) is 7.42. The molecule has 0 radical (unpaired) electrons. The monoisotopic (exact) mass is 433 g/mol. The van der Waals surface area contributed by atoms with Crippen LogP contribution in [0, 0.1) is 11.6 Å². The molecule has 2 aromatic carbocycles. The van der Waals surface area contributed by atoms with Gasteiger partial charge in [-0.15, -0.1) is 0 Å². The van der Waals surface area contributed by atoms with Crippen molar-refractivity contribution in [1.82, 2.24) is 9.21 Å². The first-order valence-electron chi connectivity index (χ1n) is 9.26. The van der Waals surface area contributed by atoms with Crippen LogP contribution in [0.3, 0.4) is 0 Å². The van der Waals surface area contributed by atoms with Crippen LogP contribution >= 0.6 is 11.9 Å². The summed E-state index contributed by atoms with van der Waals surface area (Å²) < 4.78 is 33.7. The van der Waals surface area contributed by atoms with Crippen molar-refractivity contribution in [3.05, 3.63) is 72.3 Å². The number of carbonyl (C=O) groups excluding carboxylic acids is 2. The van der Waals surface area contributed by atoms with Gasteiger partial charge >= 0.3 is 6.09 Å². The highest BCUT2D eigenvalue weighted by molar-refractivity contribution is 7.97. The molecule has 1 saturated heterocycles. The van der Waals surface area contributed by atoms with Gasteiger partial charge in [0, 0.05) is 42.8 Å². The number of nitrogens with one attached hydrogen (secondary N) is 1. The summed E-state index contributed by atoms with van der Waals surface area (Å²) >= 11 is 1.56. The lowest BCUT2D eigenvalue weighted by atomic mass is 10.2. The van der Waals surface area contributed by atoms with Crippen LogP contribution in [0.1, 0.15) is 5.56 Å². The van der Waals surface area contributed by atoms with Crippen molar-refractivity contribution in [2.24, 2.45) is 0 Å². The Hall–Kier alpha value is -2.91. The summed E-state index contributed by atoms with van der Waals surface area (Å²) in [6, 6.07) is 10.5. The second-order valence-corrected chi connectivity index (χ2v) is 7.73. The average Bonchev–Trinajstić information content (AvgIpc) is 2.73. The van der Waals surface area contributed by atoms with E-state index >= 15 is 0 Å². The van der Waals surface area contributed by atoms with Crippen molar-refractivity contribution in [1.29, 1.82) is 0 Å². The number of piperazine rings is 1. The van der Waals surface area contributed by atoms with Gasteiger partial charge in [-0.25, -0.2) is 17.9 Å². The minimum atomic E-state index is -0.706. The molecule has 0 bridgehead atoms. The molecule has 2 aromatic rings. The Balaban J connectivity index is 1.43. The molecule has 9 heteroatoms. The maximum atomic E-state index is 13.2. The maximum Gasteiger partial charge on any atom is 0.410 e. The minimum absolute atomic E-state index is 0.183. The molecule has 158 valence electrons. The lowest BCUT2D eigenvalue weighted by molar-refractivity contribution is -0.111. The number of anilines is 1. The van der Waals surface area contributed by atoms with Crippen molar-refractivity contribution >= 4 is 29.6 Å². The van der Waals surface area contributed by atoms with E-state index in [9.17, 15) is 18.4 Å². The van der Waals surface area contributed by atoms with Crippen LogP contribution in [0.5, 0.6) is 0 Å². The zero-order valence-corrected chi connectivity index (χ0v) is 17.0. The third-order valence-electron chi connectivity index (χ3n) is 4.32. The number of benzene rings is 2. The number of ether oxygens (including phenoxy) is 1. The van der Waals surface area contributed by atoms with Gasteiger partial charge in [0.2, 0.25) is 5.91 Å². The zero-order valence-electron chi connectivity index (χ0n) is 16.1. The summed E-state index contributed by atoms with van der Waals surface area (Å²) in [7, 11) is 0. The molecular formula is C21H21F2N3O3S. The first kappa shape index (κ1) is 21.8. The highest BCUT2D eigenvalue weighted by atomic mass is 32.2. The molecule has 1 N–H and O–H groups in total. The SMILES string of the molecule is C=CC(=O)Nc1ccc(SN2CCN(C(=O)OCc3cc(F)cc(F)c3)CC2)cc1. The highest BCUT2D eigenvalue weighted by Crippen LogP contribution is 2.25. The Bertz CT molecular complexity index is 896. The molecule has 1 aliphatic heterocycles. The topological polar surface area (TPSA) is 61.9 Å². The summed E-state index contributed by atoms with van der Waals surface area (Å²) in [5, 5.41) is 2.69. The van der Waals surface area contributed by atoms with E-state index in [-0.39, 0.29) is 18.1 Å². The minimum Gasteiger partial charge on any atom is -0.445 e. The van der Waals surface area contributed by atoms with Crippen LogP contribution in [-0.2, 0) is 16.1 Å². The number of halogens is 2. The Morgan fingerprint density at radius 3 is 2.30 bits per heavy atom. The Labute approximate surface area is 177 Å². The number of amides is 2. The molecule has 1 fully saturated rings. The third-order valence-corrected chi connectivity index (χ3v) is 5.43. The van der Waals surface area contributed by atoms with E-state index in [1.807, 2.05) is 24.3 Å². The van der Waals surface area contributed by atoms with Crippen molar-refractivity contribution < 1.29 is 23.1 Å². The summed E-state index contributed by atoms with van der Waals surface area (Å²) in [4.78, 5) is 26.1. The lowest BCUT2D eigenvalue weighted by Crippen LogP contribution is -2.46. The smallest absolute Gasteiger partial charge is 0.410 e. The van der Waals surface area contributed by atoms with Crippen molar-refractivity contribution in [3.63, 3.8) is 0 Å². The van der Waals surface area contributed by atoms with Crippen molar-refractivity contribution in [2.45, 2.75) is 11.5 Å². The molecule has 0 aliphatic carbocycles. The van der Waals surface area contributed by atoms with Gasteiger partial charge in [-0.3, -0.25) is 4.79 Å². The first-order chi connectivity index (χ1) is 14.4. The van der Waals surface area contributed by atoms with E-state index in [0.717, 1.165) is 23.1 Å². The van der Waals surface area contributed by atoms with Gasteiger partial charge in [0.1, 0.15) is 18.2 Å². The van der Waals surface area contributed by atoms with Gasteiger partial charge in [0.05, 0.1) is 0 Å². The number of carbonyl (C=O) groups is 2. The van der Waals surface area contributed by atoms with E-state index in [1.165, 1.54) is 6.08 Å². The quantitative estimate of drug-likeness (QED) is 0.550. The predicted octanol–water partition coefficient (Wildman–Crippen LogP) is 4.05. The molecule has 0 spiro atoms. The van der Waals surface area contributed by atoms with Crippen LogP contribution in [0.25, 0.3) is 0 Å². The lowest BCUT2D eigenvalue weighted by Gasteiger charge is -2.33. The van der Waals surface area contributed by atoms with E-state index in [2.05, 4.69) is 16.2 Å². The molecule has 3 rings (SSSR count). The summed E-state index contributed by atoms with van der Waals surface area (Å²) in [5.74, 6) is -1.67. The fraction of sp³-hybridized carbons (Fsp3) is 0.238. The molecule has 1 heterocycles. The maximum absolute atomic E-state index is 13.2. The summed E-state index contributed by atoms with van der Waals surface area (Å²) in [6.07, 6.45) is 0.704. The molecule has 0 atom stereocenters. The van der Waals surface area contributed by atoms with Crippen molar-refractivity contribution in [2.75, 3.05) is 31.5 Å². The number of rotatable bonds is 6. The normalized spacial score (nSPS) is 14.3. The van der Waals surface area contributed by atoms with Gasteiger partial charge in [-0.05, 0) is 60.0 Å². The number of nitrogens with zero attached hydrogens (tertiary/aromatic N) is 2. The zero-order chi connectivity index (χ0) is 21.5. The van der Waals surface area contributed by atoms with Crippen LogP contribution in [-0.4, -0.2) is 47.4 Å². The largest absolute Gasteiger partial charge is 0.445 e. The predicted molar refractivity (Wildman–Crippen MR) is 111 cm³/mol. The van der Waals surface area contributed by atoms with Gasteiger partial charge in [0.15, 0.2) is 0 Å². The number of hydrogen-bond donors (Lipinski definition) is 1. The molecule has 30 heavy (non-hydrogen) atoms. The van der Waals surface area contributed by atoms with Gasteiger partial charge in [-0.1, -0.05) is 6.58 Å². The fourth-order valence-electron chi connectivity index (χ4n) is 2.83. The second kappa shape index (κ2) is 10.2. The third kappa shape index (κ3) is 6.30. The molecule has 0 unspecified atom stereocenters. The fourth-order valence-corrected chi connectivity index (χ4v) is 3.74. The summed E-state index contributed by atoms with van der Waals surface area (Å²) in [5.41, 5.74) is 0.956. The number of hydrogen-bond acceptors (Lipinski definition) is 5. The molecule has 0 aromatic heterocycles. The first-order valence-corrected chi connectivity index (χ1v) is 10.0. The standard InChI is InChI=1S/C21H21F2N3O3S/c1-2-20(27)24-18-3-5-19(6-4-18)30-26-9-7-25(8-10-26)21(28)29-14-15-11-16(22)13-17(23)12-15/h2-6,11-13H,1,7-10,14H2,(H,24,27).